The predicted octanol–water partition coefficient (Wildman–Crippen LogP) is 2.61. The number of likely N-dealkylation sites (tertiary alicyclic amines) is 1. The summed E-state index contributed by atoms with van der Waals surface area (Å²) in [4.78, 5) is 26.9. The summed E-state index contributed by atoms with van der Waals surface area (Å²) in [5.41, 5.74) is 6.26. The lowest BCUT2D eigenvalue weighted by Crippen LogP contribution is -2.47. The highest BCUT2D eigenvalue weighted by Crippen LogP contribution is 2.48. The number of nitrogens with one attached hydrogen (secondary N) is 1. The van der Waals surface area contributed by atoms with Crippen LogP contribution in [-0.4, -0.2) is 41.7 Å². The SMILES string of the molecule is COc1ccc(N)c(NC(=O)[C@@H]2CC3C[C@H]3N2C(=O)OC(C)(C)C)c1. The standard InChI is InChI=1S/C18H25N3O4/c1-18(2,3)25-17(23)21-14-7-10(14)8-15(21)16(22)20-13-9-11(24-4)5-6-12(13)19/h5-6,9-10,14-15H,7-8,19H2,1-4H3,(H,20,22)/t10?,14-,15+/m1/s1. The Morgan fingerprint density at radius 1 is 1.28 bits per heavy atom. The normalized spacial score (nSPS) is 24.5. The maximum Gasteiger partial charge on any atom is 0.411 e. The van der Waals surface area contributed by atoms with Gasteiger partial charge in [-0.05, 0) is 51.7 Å². The highest BCUT2D eigenvalue weighted by Gasteiger charge is 2.57. The van der Waals surface area contributed by atoms with Gasteiger partial charge in [0.25, 0.3) is 0 Å². The van der Waals surface area contributed by atoms with E-state index in [4.69, 9.17) is 15.2 Å². The third-order valence-corrected chi connectivity index (χ3v) is 4.53. The Hall–Kier alpha value is -2.44. The van der Waals surface area contributed by atoms with Crippen LogP contribution in [-0.2, 0) is 9.53 Å². The lowest BCUT2D eigenvalue weighted by atomic mass is 10.1. The number of piperidine rings is 1. The van der Waals surface area contributed by atoms with E-state index in [2.05, 4.69) is 5.32 Å². The van der Waals surface area contributed by atoms with Crippen molar-refractivity contribution < 1.29 is 19.1 Å². The van der Waals surface area contributed by atoms with Crippen molar-refractivity contribution in [3.05, 3.63) is 18.2 Å². The molecule has 1 aliphatic carbocycles. The van der Waals surface area contributed by atoms with E-state index < -0.39 is 17.7 Å². The minimum atomic E-state index is -0.595. The Balaban J connectivity index is 1.74. The average Bonchev–Trinajstić information content (AvgIpc) is 3.17. The van der Waals surface area contributed by atoms with Crippen molar-refractivity contribution in [2.75, 3.05) is 18.2 Å². The molecule has 0 radical (unpaired) electrons. The summed E-state index contributed by atoms with van der Waals surface area (Å²) in [6.07, 6.45) is 1.15. The molecule has 1 saturated heterocycles. The van der Waals surface area contributed by atoms with Crippen LogP contribution >= 0.6 is 0 Å². The Labute approximate surface area is 147 Å². The second kappa shape index (κ2) is 6.13. The minimum absolute atomic E-state index is 0.105. The van der Waals surface area contributed by atoms with E-state index in [1.165, 1.54) is 0 Å². The number of nitrogens with zero attached hydrogens (tertiary/aromatic N) is 1. The molecule has 3 atom stereocenters. The first-order valence-electron chi connectivity index (χ1n) is 8.45. The van der Waals surface area contributed by atoms with Crippen LogP contribution in [0.2, 0.25) is 0 Å². The molecule has 0 aromatic heterocycles. The molecule has 2 aliphatic rings. The zero-order valence-electron chi connectivity index (χ0n) is 15.0. The Bertz CT molecular complexity index is 698. The fraction of sp³-hybridized carbons (Fsp3) is 0.556. The van der Waals surface area contributed by atoms with E-state index in [9.17, 15) is 9.59 Å². The fourth-order valence-electron chi connectivity index (χ4n) is 3.25. The van der Waals surface area contributed by atoms with Gasteiger partial charge in [-0.2, -0.15) is 0 Å². The van der Waals surface area contributed by atoms with Gasteiger partial charge in [0.1, 0.15) is 17.4 Å². The molecular weight excluding hydrogens is 322 g/mol. The molecule has 136 valence electrons. The zero-order valence-corrected chi connectivity index (χ0v) is 15.0. The maximum atomic E-state index is 12.8. The van der Waals surface area contributed by atoms with Crippen molar-refractivity contribution in [1.29, 1.82) is 0 Å². The summed E-state index contributed by atoms with van der Waals surface area (Å²) in [5.74, 6) is 0.728. The van der Waals surface area contributed by atoms with Gasteiger partial charge in [-0.15, -0.1) is 0 Å². The van der Waals surface area contributed by atoms with Crippen LogP contribution < -0.4 is 15.8 Å². The second-order valence-electron chi connectivity index (χ2n) is 7.64. The minimum Gasteiger partial charge on any atom is -0.497 e. The molecule has 0 spiro atoms. The third kappa shape index (κ3) is 3.65. The molecule has 2 amide bonds. The molecule has 1 heterocycles. The number of amides is 2. The van der Waals surface area contributed by atoms with Crippen LogP contribution in [0.25, 0.3) is 0 Å². The van der Waals surface area contributed by atoms with Crippen molar-refractivity contribution in [2.45, 2.75) is 51.3 Å². The number of ether oxygens (including phenoxy) is 2. The average molecular weight is 347 g/mol. The summed E-state index contributed by atoms with van der Waals surface area (Å²) >= 11 is 0. The van der Waals surface area contributed by atoms with Crippen molar-refractivity contribution >= 4 is 23.4 Å². The maximum absolute atomic E-state index is 12.8. The summed E-state index contributed by atoms with van der Waals surface area (Å²) in [6, 6.07) is 4.63. The lowest BCUT2D eigenvalue weighted by Gasteiger charge is -2.30. The number of nitrogens with two attached hydrogens (primary N) is 1. The summed E-state index contributed by atoms with van der Waals surface area (Å²) < 4.78 is 10.6. The molecule has 7 heteroatoms. The van der Waals surface area contributed by atoms with E-state index in [1.54, 1.807) is 30.2 Å². The van der Waals surface area contributed by atoms with Crippen LogP contribution in [0.1, 0.15) is 33.6 Å². The van der Waals surface area contributed by atoms with Crippen molar-refractivity contribution in [3.63, 3.8) is 0 Å². The molecule has 1 aliphatic heterocycles. The van der Waals surface area contributed by atoms with Gasteiger partial charge in [0, 0.05) is 12.1 Å². The largest absolute Gasteiger partial charge is 0.497 e. The van der Waals surface area contributed by atoms with Crippen LogP contribution in [0, 0.1) is 5.92 Å². The molecule has 1 unspecified atom stereocenters. The first-order chi connectivity index (χ1) is 11.7. The molecule has 1 aromatic carbocycles. The Morgan fingerprint density at radius 3 is 2.64 bits per heavy atom. The van der Waals surface area contributed by atoms with Crippen LogP contribution in [0.5, 0.6) is 5.75 Å². The molecule has 0 bridgehead atoms. The number of hydrogen-bond acceptors (Lipinski definition) is 5. The highest BCUT2D eigenvalue weighted by atomic mass is 16.6. The number of carbonyl (C=O) groups excluding carboxylic acids is 2. The van der Waals surface area contributed by atoms with E-state index >= 15 is 0 Å². The molecule has 25 heavy (non-hydrogen) atoms. The van der Waals surface area contributed by atoms with Gasteiger partial charge in [-0.3, -0.25) is 9.69 Å². The Kier molecular flexibility index (Phi) is 4.26. The number of hydrogen-bond donors (Lipinski definition) is 2. The van der Waals surface area contributed by atoms with E-state index in [0.29, 0.717) is 29.5 Å². The van der Waals surface area contributed by atoms with E-state index in [-0.39, 0.29) is 11.9 Å². The number of anilines is 2. The zero-order chi connectivity index (χ0) is 18.4. The summed E-state index contributed by atoms with van der Waals surface area (Å²) in [6.45, 7) is 5.45. The molecule has 3 rings (SSSR count). The number of rotatable bonds is 3. The van der Waals surface area contributed by atoms with Crippen molar-refractivity contribution in [2.24, 2.45) is 5.92 Å². The van der Waals surface area contributed by atoms with Gasteiger partial charge in [0.15, 0.2) is 0 Å². The molecule has 7 nitrogen and oxygen atoms in total. The van der Waals surface area contributed by atoms with Crippen molar-refractivity contribution in [3.8, 4) is 5.75 Å². The summed E-state index contributed by atoms with van der Waals surface area (Å²) in [7, 11) is 1.55. The molecule has 1 saturated carbocycles. The second-order valence-corrected chi connectivity index (χ2v) is 7.64. The predicted molar refractivity (Wildman–Crippen MR) is 94.4 cm³/mol. The van der Waals surface area contributed by atoms with Crippen LogP contribution in [0.15, 0.2) is 18.2 Å². The van der Waals surface area contributed by atoms with Crippen LogP contribution in [0.4, 0.5) is 16.2 Å². The number of methoxy groups -OCH3 is 1. The van der Waals surface area contributed by atoms with Gasteiger partial charge in [0.05, 0.1) is 18.5 Å². The lowest BCUT2D eigenvalue weighted by molar-refractivity contribution is -0.120. The van der Waals surface area contributed by atoms with Gasteiger partial charge in [0.2, 0.25) is 5.91 Å². The number of nitrogen functional groups attached to an aromatic ring is 1. The molecule has 1 aromatic rings. The van der Waals surface area contributed by atoms with Gasteiger partial charge >= 0.3 is 6.09 Å². The van der Waals surface area contributed by atoms with Gasteiger partial charge in [-0.1, -0.05) is 0 Å². The first kappa shape index (κ1) is 17.4. The topological polar surface area (TPSA) is 93.9 Å². The molecule has 3 N–H and O–H groups in total. The number of fused-ring (bicyclic) bond motifs is 1. The quantitative estimate of drug-likeness (QED) is 0.820. The van der Waals surface area contributed by atoms with Crippen molar-refractivity contribution in [1.82, 2.24) is 4.90 Å². The Morgan fingerprint density at radius 2 is 2.00 bits per heavy atom. The number of carbonyl (C=O) groups is 2. The first-order valence-corrected chi connectivity index (χ1v) is 8.45. The monoisotopic (exact) mass is 347 g/mol. The fourth-order valence-corrected chi connectivity index (χ4v) is 3.25. The van der Waals surface area contributed by atoms with E-state index in [1.807, 2.05) is 20.8 Å². The molecular formula is C18H25N3O4. The smallest absolute Gasteiger partial charge is 0.411 e. The van der Waals surface area contributed by atoms with E-state index in [0.717, 1.165) is 6.42 Å². The third-order valence-electron chi connectivity index (χ3n) is 4.53. The summed E-state index contributed by atoms with van der Waals surface area (Å²) in [5, 5.41) is 2.82. The van der Waals surface area contributed by atoms with Gasteiger partial charge in [-0.25, -0.2) is 4.79 Å². The highest BCUT2D eigenvalue weighted by molar-refractivity contribution is 5.99. The number of benzene rings is 1. The van der Waals surface area contributed by atoms with Crippen LogP contribution in [0.3, 0.4) is 0 Å². The van der Waals surface area contributed by atoms with Gasteiger partial charge < -0.3 is 20.5 Å². The molecule has 2 fully saturated rings.